The Morgan fingerprint density at radius 1 is 1.38 bits per heavy atom. The molecule has 1 aromatic carbocycles. The minimum absolute atomic E-state index is 0.185. The smallest absolute Gasteiger partial charge is 0.338 e. The molecule has 0 aliphatic carbocycles. The van der Waals surface area contributed by atoms with Gasteiger partial charge in [0.1, 0.15) is 5.69 Å². The molecule has 0 aliphatic rings. The summed E-state index contributed by atoms with van der Waals surface area (Å²) in [7, 11) is 0. The van der Waals surface area contributed by atoms with Crippen molar-refractivity contribution in [3.63, 3.8) is 0 Å². The zero-order chi connectivity index (χ0) is 19.0. The standard InChI is InChI=1S/C17H14BrClN2O4S/c1-3-25-15-9(18)4-8(19)5-10(15)21-16(22)11-6-12-14(20-11)13(17(23)24)7(2)26-12/h4-6,20H,3H2,1-2H3,(H,21,22)(H,23,24). The van der Waals surface area contributed by atoms with E-state index in [9.17, 15) is 14.7 Å². The molecule has 0 bridgehead atoms. The molecule has 0 saturated carbocycles. The lowest BCUT2D eigenvalue weighted by atomic mass is 10.2. The Bertz CT molecular complexity index is 1030. The number of carbonyl (C=O) groups is 2. The number of hydrogen-bond donors (Lipinski definition) is 3. The van der Waals surface area contributed by atoms with Crippen LogP contribution in [0.2, 0.25) is 5.02 Å². The second-order valence-corrected chi connectivity index (χ2v) is 7.96. The monoisotopic (exact) mass is 456 g/mol. The van der Waals surface area contributed by atoms with Gasteiger partial charge in [0.15, 0.2) is 5.75 Å². The number of aryl methyl sites for hydroxylation is 1. The maximum Gasteiger partial charge on any atom is 0.338 e. The van der Waals surface area contributed by atoms with Crippen molar-refractivity contribution in [3.8, 4) is 5.75 Å². The van der Waals surface area contributed by atoms with Gasteiger partial charge < -0.3 is 20.1 Å². The van der Waals surface area contributed by atoms with Crippen molar-refractivity contribution in [2.45, 2.75) is 13.8 Å². The summed E-state index contributed by atoms with van der Waals surface area (Å²) in [4.78, 5) is 27.6. The number of carboxylic acid groups (broad SMARTS) is 1. The molecule has 3 rings (SSSR count). The summed E-state index contributed by atoms with van der Waals surface area (Å²) in [5.74, 6) is -0.974. The number of halogens is 2. The van der Waals surface area contributed by atoms with Crippen molar-refractivity contribution in [1.82, 2.24) is 4.98 Å². The molecule has 0 spiro atoms. The maximum atomic E-state index is 12.6. The number of benzene rings is 1. The first-order valence-corrected chi connectivity index (χ1v) is 9.59. The topological polar surface area (TPSA) is 91.4 Å². The van der Waals surface area contributed by atoms with Gasteiger partial charge in [-0.3, -0.25) is 4.79 Å². The zero-order valence-corrected chi connectivity index (χ0v) is 16.9. The highest BCUT2D eigenvalue weighted by atomic mass is 79.9. The highest BCUT2D eigenvalue weighted by Crippen LogP contribution is 2.37. The van der Waals surface area contributed by atoms with E-state index >= 15 is 0 Å². The highest BCUT2D eigenvalue weighted by molar-refractivity contribution is 9.10. The maximum absolute atomic E-state index is 12.6. The zero-order valence-electron chi connectivity index (χ0n) is 13.8. The second kappa shape index (κ2) is 7.30. The van der Waals surface area contributed by atoms with Crippen molar-refractivity contribution in [1.29, 1.82) is 0 Å². The SMILES string of the molecule is CCOc1c(Br)cc(Cl)cc1NC(=O)c1cc2sc(C)c(C(=O)O)c2[nH]1. The molecule has 0 atom stereocenters. The van der Waals surface area contributed by atoms with Crippen LogP contribution >= 0.6 is 38.9 Å². The van der Waals surface area contributed by atoms with Gasteiger partial charge in [-0.1, -0.05) is 11.6 Å². The molecule has 2 aromatic heterocycles. The number of carbonyl (C=O) groups excluding carboxylic acids is 1. The van der Waals surface area contributed by atoms with Crippen LogP contribution in [0.1, 0.15) is 32.6 Å². The van der Waals surface area contributed by atoms with Gasteiger partial charge >= 0.3 is 5.97 Å². The Hall–Kier alpha value is -2.03. The molecular weight excluding hydrogens is 444 g/mol. The average Bonchev–Trinajstić information content (AvgIpc) is 3.06. The lowest BCUT2D eigenvalue weighted by Crippen LogP contribution is -2.13. The number of H-pyrrole nitrogens is 1. The number of nitrogens with one attached hydrogen (secondary N) is 2. The summed E-state index contributed by atoms with van der Waals surface area (Å²) >= 11 is 10.8. The van der Waals surface area contributed by atoms with Gasteiger partial charge in [-0.15, -0.1) is 11.3 Å². The number of rotatable bonds is 5. The number of aromatic nitrogens is 1. The van der Waals surface area contributed by atoms with E-state index in [4.69, 9.17) is 16.3 Å². The predicted octanol–water partition coefficient (Wildman–Crippen LogP) is 5.30. The molecule has 26 heavy (non-hydrogen) atoms. The molecule has 3 aromatic rings. The van der Waals surface area contributed by atoms with Crippen LogP contribution in [0.3, 0.4) is 0 Å². The van der Waals surface area contributed by atoms with Crippen molar-refractivity contribution in [2.24, 2.45) is 0 Å². The fraction of sp³-hybridized carbons (Fsp3) is 0.176. The third-order valence-electron chi connectivity index (χ3n) is 3.65. The average molecular weight is 458 g/mol. The normalized spacial score (nSPS) is 10.9. The van der Waals surface area contributed by atoms with E-state index in [2.05, 4.69) is 26.2 Å². The van der Waals surface area contributed by atoms with Gasteiger partial charge in [-0.05, 0) is 48.0 Å². The van der Waals surface area contributed by atoms with Crippen molar-refractivity contribution in [3.05, 3.63) is 43.8 Å². The molecule has 0 radical (unpaired) electrons. The number of anilines is 1. The van der Waals surface area contributed by atoms with Crippen molar-refractivity contribution in [2.75, 3.05) is 11.9 Å². The molecule has 1 amide bonds. The van der Waals surface area contributed by atoms with E-state index < -0.39 is 11.9 Å². The van der Waals surface area contributed by atoms with E-state index in [-0.39, 0.29) is 11.3 Å². The van der Waals surface area contributed by atoms with Crippen LogP contribution in [0, 0.1) is 6.92 Å². The summed E-state index contributed by atoms with van der Waals surface area (Å²) < 4.78 is 6.90. The molecule has 136 valence electrons. The molecule has 9 heteroatoms. The van der Waals surface area contributed by atoms with Crippen LogP contribution in [-0.2, 0) is 0 Å². The first-order chi connectivity index (χ1) is 12.3. The Balaban J connectivity index is 1.96. The summed E-state index contributed by atoms with van der Waals surface area (Å²) in [6.45, 7) is 3.99. The highest BCUT2D eigenvalue weighted by Gasteiger charge is 2.21. The Labute approximate surface area is 166 Å². The molecule has 6 nitrogen and oxygen atoms in total. The minimum Gasteiger partial charge on any atom is -0.491 e. The Morgan fingerprint density at radius 2 is 2.12 bits per heavy atom. The van der Waals surface area contributed by atoms with Crippen LogP contribution in [-0.4, -0.2) is 28.6 Å². The van der Waals surface area contributed by atoms with Gasteiger partial charge in [0.2, 0.25) is 0 Å². The number of fused-ring (bicyclic) bond motifs is 1. The number of aromatic amines is 1. The summed E-state index contributed by atoms with van der Waals surface area (Å²) in [5.41, 5.74) is 1.31. The first-order valence-electron chi connectivity index (χ1n) is 7.60. The van der Waals surface area contributed by atoms with Crippen molar-refractivity contribution >= 4 is 66.6 Å². The van der Waals surface area contributed by atoms with Gasteiger partial charge in [-0.2, -0.15) is 0 Å². The summed E-state index contributed by atoms with van der Waals surface area (Å²) in [6, 6.07) is 4.90. The number of carboxylic acids is 1. The van der Waals surface area contributed by atoms with E-state index in [0.29, 0.717) is 42.6 Å². The fourth-order valence-electron chi connectivity index (χ4n) is 2.61. The van der Waals surface area contributed by atoms with E-state index in [1.807, 2.05) is 6.92 Å². The minimum atomic E-state index is -1.03. The van der Waals surface area contributed by atoms with Gasteiger partial charge in [0.05, 0.1) is 32.5 Å². The van der Waals surface area contributed by atoms with Crippen LogP contribution in [0.4, 0.5) is 5.69 Å². The largest absolute Gasteiger partial charge is 0.491 e. The number of thiophene rings is 1. The molecule has 2 heterocycles. The van der Waals surface area contributed by atoms with Crippen LogP contribution < -0.4 is 10.1 Å². The quantitative estimate of drug-likeness (QED) is 0.484. The van der Waals surface area contributed by atoms with Gasteiger partial charge in [0.25, 0.3) is 5.91 Å². The van der Waals surface area contributed by atoms with Crippen LogP contribution in [0.5, 0.6) is 5.75 Å². The predicted molar refractivity (Wildman–Crippen MR) is 106 cm³/mol. The van der Waals surface area contributed by atoms with Crippen LogP contribution in [0.15, 0.2) is 22.7 Å². The van der Waals surface area contributed by atoms with Gasteiger partial charge in [-0.25, -0.2) is 4.79 Å². The lowest BCUT2D eigenvalue weighted by molar-refractivity contribution is 0.0698. The third-order valence-corrected chi connectivity index (χ3v) is 5.51. The molecular formula is C17H14BrClN2O4S. The third kappa shape index (κ3) is 3.44. The molecule has 0 fully saturated rings. The lowest BCUT2D eigenvalue weighted by Gasteiger charge is -2.13. The van der Waals surface area contributed by atoms with E-state index in [1.54, 1.807) is 25.1 Å². The number of amides is 1. The number of hydrogen-bond acceptors (Lipinski definition) is 4. The molecule has 0 saturated heterocycles. The fourth-order valence-corrected chi connectivity index (χ4v) is 4.59. The van der Waals surface area contributed by atoms with Crippen molar-refractivity contribution < 1.29 is 19.4 Å². The number of ether oxygens (including phenoxy) is 1. The molecule has 3 N–H and O–H groups in total. The molecule has 0 aliphatic heterocycles. The van der Waals surface area contributed by atoms with Crippen LogP contribution in [0.25, 0.3) is 10.2 Å². The van der Waals surface area contributed by atoms with Gasteiger partial charge in [0, 0.05) is 9.90 Å². The summed E-state index contributed by atoms with van der Waals surface area (Å²) in [6.07, 6.45) is 0. The van der Waals surface area contributed by atoms with E-state index in [0.717, 1.165) is 0 Å². The second-order valence-electron chi connectivity index (χ2n) is 5.41. The summed E-state index contributed by atoms with van der Waals surface area (Å²) in [5, 5.41) is 12.5. The molecule has 0 unspecified atom stereocenters. The number of aromatic carboxylic acids is 1. The Kier molecular flexibility index (Phi) is 5.27. The first kappa shape index (κ1) is 18.8. The van der Waals surface area contributed by atoms with E-state index in [1.165, 1.54) is 11.3 Å². The Morgan fingerprint density at radius 3 is 2.77 bits per heavy atom.